The van der Waals surface area contributed by atoms with E-state index in [4.69, 9.17) is 15.2 Å². The number of nitrogens with two attached hydrogens (primary N) is 1. The molecule has 0 fully saturated rings. The molecule has 6 nitrogen and oxygen atoms in total. The van der Waals surface area contributed by atoms with E-state index in [1.165, 1.54) is 5.56 Å². The second-order valence-corrected chi connectivity index (χ2v) is 8.30. The molecule has 3 N–H and O–H groups in total. The van der Waals surface area contributed by atoms with Crippen LogP contribution in [-0.2, 0) is 16.0 Å². The van der Waals surface area contributed by atoms with Crippen molar-refractivity contribution in [2.24, 2.45) is 5.73 Å². The van der Waals surface area contributed by atoms with Gasteiger partial charge < -0.3 is 20.3 Å². The van der Waals surface area contributed by atoms with Crippen LogP contribution >= 0.6 is 0 Å². The van der Waals surface area contributed by atoms with Gasteiger partial charge in [-0.3, -0.25) is 0 Å². The number of amides is 1. The molecule has 0 bridgehead atoms. The second kappa shape index (κ2) is 10.4. The summed E-state index contributed by atoms with van der Waals surface area (Å²) in [5, 5.41) is 11.0. The van der Waals surface area contributed by atoms with Gasteiger partial charge in [0.25, 0.3) is 0 Å². The summed E-state index contributed by atoms with van der Waals surface area (Å²) in [7, 11) is 0. The molecule has 3 rings (SSSR count). The number of ether oxygens (including phenoxy) is 2. The van der Waals surface area contributed by atoms with Crippen molar-refractivity contribution in [1.82, 2.24) is 0 Å². The summed E-state index contributed by atoms with van der Waals surface area (Å²) < 4.78 is 11.0. The smallest absolute Gasteiger partial charge is 0.409 e. The number of carbonyl (C=O) groups is 2. The third-order valence-corrected chi connectivity index (χ3v) is 5.98. The van der Waals surface area contributed by atoms with E-state index in [0.717, 1.165) is 18.4 Å². The Morgan fingerprint density at radius 3 is 2.53 bits per heavy atom. The highest BCUT2D eigenvalue weighted by Gasteiger charge is 2.43. The zero-order chi connectivity index (χ0) is 23.1. The zero-order valence-electron chi connectivity index (χ0n) is 18.7. The van der Waals surface area contributed by atoms with Gasteiger partial charge in [0.15, 0.2) is 0 Å². The molecule has 0 saturated carbocycles. The molecule has 0 aliphatic carbocycles. The van der Waals surface area contributed by atoms with E-state index >= 15 is 0 Å². The summed E-state index contributed by atoms with van der Waals surface area (Å²) in [5.41, 5.74) is 6.59. The van der Waals surface area contributed by atoms with E-state index in [9.17, 15) is 14.7 Å². The van der Waals surface area contributed by atoms with Crippen molar-refractivity contribution in [3.63, 3.8) is 0 Å². The van der Waals surface area contributed by atoms with Crippen LogP contribution in [0.4, 0.5) is 4.79 Å². The molecule has 2 atom stereocenters. The maximum absolute atomic E-state index is 13.2. The van der Waals surface area contributed by atoms with Crippen LogP contribution in [0.2, 0.25) is 0 Å². The fourth-order valence-corrected chi connectivity index (χ4v) is 4.54. The molecule has 2 aromatic carbocycles. The van der Waals surface area contributed by atoms with Crippen molar-refractivity contribution in [1.29, 1.82) is 0 Å². The van der Waals surface area contributed by atoms with Gasteiger partial charge in [-0.1, -0.05) is 62.7 Å². The summed E-state index contributed by atoms with van der Waals surface area (Å²) in [6.07, 6.45) is 2.89. The Balaban J connectivity index is 1.87. The van der Waals surface area contributed by atoms with Crippen LogP contribution < -0.4 is 10.5 Å². The monoisotopic (exact) mass is 437 g/mol. The lowest BCUT2D eigenvalue weighted by Crippen LogP contribution is -2.41. The van der Waals surface area contributed by atoms with Crippen molar-refractivity contribution in [2.75, 3.05) is 0 Å². The first kappa shape index (κ1) is 23.4. The van der Waals surface area contributed by atoms with Gasteiger partial charge in [0, 0.05) is 12.3 Å². The predicted octanol–water partition coefficient (Wildman–Crippen LogP) is 5.57. The highest BCUT2D eigenvalue weighted by molar-refractivity contribution is 5.92. The molecular formula is C26H31NO5. The topological polar surface area (TPSA) is 98.9 Å². The molecule has 32 heavy (non-hydrogen) atoms. The third kappa shape index (κ3) is 5.49. The Morgan fingerprint density at radius 1 is 1.16 bits per heavy atom. The Kier molecular flexibility index (Phi) is 7.57. The molecule has 0 radical (unpaired) electrons. The zero-order valence-corrected chi connectivity index (χ0v) is 18.7. The van der Waals surface area contributed by atoms with Crippen LogP contribution in [0.15, 0.2) is 65.9 Å². The molecule has 0 saturated heterocycles. The fourth-order valence-electron chi connectivity index (χ4n) is 4.54. The maximum atomic E-state index is 13.2. The number of aliphatic hydroxyl groups excluding tert-OH is 1. The molecule has 1 aliphatic rings. The van der Waals surface area contributed by atoms with Crippen LogP contribution in [0.25, 0.3) is 0 Å². The number of aryl methyl sites for hydroxylation is 1. The van der Waals surface area contributed by atoms with Gasteiger partial charge in [-0.25, -0.2) is 9.59 Å². The number of primary amides is 1. The molecule has 1 heterocycles. The molecule has 1 aliphatic heterocycles. The van der Waals surface area contributed by atoms with E-state index < -0.39 is 17.7 Å². The number of aliphatic hydroxyl groups is 1. The van der Waals surface area contributed by atoms with Crippen molar-refractivity contribution < 1.29 is 24.2 Å². The minimum absolute atomic E-state index is 0.0795. The van der Waals surface area contributed by atoms with Crippen LogP contribution in [0.5, 0.6) is 5.75 Å². The Labute approximate surface area is 189 Å². The number of hydrogen-bond acceptors (Lipinski definition) is 5. The molecule has 0 aromatic heterocycles. The molecule has 1 unspecified atom stereocenters. The molecular weight excluding hydrogens is 406 g/mol. The lowest BCUT2D eigenvalue weighted by atomic mass is 9.80. The molecule has 170 valence electrons. The number of cyclic esters (lactones) is 1. The lowest BCUT2D eigenvalue weighted by Gasteiger charge is -2.38. The molecule has 2 aromatic rings. The largest absolute Gasteiger partial charge is 0.512 e. The van der Waals surface area contributed by atoms with Gasteiger partial charge in [-0.15, -0.1) is 0 Å². The van der Waals surface area contributed by atoms with Gasteiger partial charge in [-0.05, 0) is 48.9 Å². The Bertz CT molecular complexity index is 985. The van der Waals surface area contributed by atoms with E-state index in [-0.39, 0.29) is 17.3 Å². The quantitative estimate of drug-likeness (QED) is 0.500. The van der Waals surface area contributed by atoms with Crippen molar-refractivity contribution in [3.8, 4) is 5.75 Å². The van der Waals surface area contributed by atoms with Crippen LogP contribution in [0.1, 0.15) is 63.0 Å². The number of hydrogen-bond donors (Lipinski definition) is 2. The Morgan fingerprint density at radius 2 is 1.91 bits per heavy atom. The lowest BCUT2D eigenvalue weighted by molar-refractivity contribution is -0.161. The van der Waals surface area contributed by atoms with Gasteiger partial charge in [-0.2, -0.15) is 0 Å². The first-order valence-electron chi connectivity index (χ1n) is 11.1. The van der Waals surface area contributed by atoms with Crippen LogP contribution in [0.3, 0.4) is 0 Å². The highest BCUT2D eigenvalue weighted by Crippen LogP contribution is 2.42. The summed E-state index contributed by atoms with van der Waals surface area (Å²) in [6.45, 7) is 3.98. The summed E-state index contributed by atoms with van der Waals surface area (Å²) in [5.74, 6) is -0.493. The third-order valence-electron chi connectivity index (χ3n) is 5.98. The average Bonchev–Trinajstić information content (AvgIpc) is 2.75. The van der Waals surface area contributed by atoms with E-state index in [1.807, 2.05) is 38.1 Å². The Hall–Kier alpha value is -3.28. The first-order chi connectivity index (χ1) is 15.4. The van der Waals surface area contributed by atoms with Gasteiger partial charge >= 0.3 is 12.1 Å². The average molecular weight is 438 g/mol. The number of benzene rings is 2. The van der Waals surface area contributed by atoms with E-state index in [0.29, 0.717) is 31.4 Å². The van der Waals surface area contributed by atoms with E-state index in [1.54, 1.807) is 18.2 Å². The van der Waals surface area contributed by atoms with Gasteiger partial charge in [0.05, 0.1) is 5.57 Å². The normalized spacial score (nSPS) is 19.4. The molecule has 1 amide bonds. The fraction of sp³-hybridized carbons (Fsp3) is 0.385. The van der Waals surface area contributed by atoms with Gasteiger partial charge in [0.2, 0.25) is 0 Å². The first-order valence-corrected chi connectivity index (χ1v) is 11.1. The minimum atomic E-state index is -0.905. The van der Waals surface area contributed by atoms with E-state index in [2.05, 4.69) is 12.1 Å². The summed E-state index contributed by atoms with van der Waals surface area (Å²) in [6, 6.07) is 16.9. The van der Waals surface area contributed by atoms with Crippen molar-refractivity contribution in [2.45, 2.75) is 63.9 Å². The van der Waals surface area contributed by atoms with Crippen molar-refractivity contribution >= 4 is 12.1 Å². The molecule has 6 heteroatoms. The predicted molar refractivity (Wildman–Crippen MR) is 122 cm³/mol. The standard InChI is InChI=1S/C26H31NO5/c1-3-14-26(15-13-18-9-6-5-7-10-18)17-22(28)23(24(29)32-26)21(4-2)19-11-8-12-20(16-19)31-25(27)30/h5-12,16,21,28H,3-4,13-15,17H2,1-2H3,(H2,27,30)/t21?,26-/m1/s1. The second-order valence-electron chi connectivity index (χ2n) is 8.30. The summed E-state index contributed by atoms with van der Waals surface area (Å²) in [4.78, 5) is 24.3. The SMILES string of the molecule is CCC[C@@]1(CCc2ccccc2)CC(O)=C(C(CC)c2cccc(OC(N)=O)c2)C(=O)O1. The van der Waals surface area contributed by atoms with Crippen LogP contribution in [-0.4, -0.2) is 22.8 Å². The summed E-state index contributed by atoms with van der Waals surface area (Å²) >= 11 is 0. The number of carbonyl (C=O) groups excluding carboxylic acids is 2. The highest BCUT2D eigenvalue weighted by atomic mass is 16.6. The van der Waals surface area contributed by atoms with Gasteiger partial charge in [0.1, 0.15) is 17.1 Å². The minimum Gasteiger partial charge on any atom is -0.512 e. The molecule has 0 spiro atoms. The van der Waals surface area contributed by atoms with Crippen molar-refractivity contribution in [3.05, 3.63) is 77.1 Å². The maximum Gasteiger partial charge on any atom is 0.409 e. The number of rotatable bonds is 9. The number of esters is 1. The van der Waals surface area contributed by atoms with Crippen LogP contribution in [0, 0.1) is 0 Å².